The monoisotopic (exact) mass is 325 g/mol. The Labute approximate surface area is 130 Å². The molecule has 4 nitrogen and oxygen atoms in total. The molecular formula is C16H14F3NO3. The molecule has 122 valence electrons. The molecule has 0 spiro atoms. The van der Waals surface area contributed by atoms with E-state index in [2.05, 4.69) is 0 Å². The van der Waals surface area contributed by atoms with E-state index in [-0.39, 0.29) is 24.0 Å². The molecular weight excluding hydrogens is 311 g/mol. The van der Waals surface area contributed by atoms with Gasteiger partial charge in [0, 0.05) is 6.92 Å². The van der Waals surface area contributed by atoms with Gasteiger partial charge in [0.1, 0.15) is 18.1 Å². The Balaban J connectivity index is 2.09. The molecule has 23 heavy (non-hydrogen) atoms. The van der Waals surface area contributed by atoms with Crippen LogP contribution in [0, 0.1) is 0 Å². The van der Waals surface area contributed by atoms with E-state index < -0.39 is 11.7 Å². The standard InChI is InChI=1S/C16H14F3NO3/c1-10(21)22-9-11-2-5-13(6-3-11)23-15-7-4-12(8-14(15)20)16(17,18)19/h2-8H,9,20H2,1H3. The number of ether oxygens (including phenoxy) is 2. The fourth-order valence-corrected chi connectivity index (χ4v) is 1.78. The Morgan fingerprint density at radius 3 is 2.30 bits per heavy atom. The van der Waals surface area contributed by atoms with E-state index in [9.17, 15) is 18.0 Å². The molecule has 0 heterocycles. The number of carbonyl (C=O) groups excluding carboxylic acids is 1. The van der Waals surface area contributed by atoms with Gasteiger partial charge in [-0.05, 0) is 35.9 Å². The zero-order valence-corrected chi connectivity index (χ0v) is 12.2. The maximum atomic E-state index is 12.6. The summed E-state index contributed by atoms with van der Waals surface area (Å²) < 4.78 is 48.0. The summed E-state index contributed by atoms with van der Waals surface area (Å²) in [5.74, 6) is 0.150. The lowest BCUT2D eigenvalue weighted by Crippen LogP contribution is -2.06. The van der Waals surface area contributed by atoms with Crippen molar-refractivity contribution in [3.05, 3.63) is 53.6 Å². The first-order valence-corrected chi connectivity index (χ1v) is 6.62. The summed E-state index contributed by atoms with van der Waals surface area (Å²) in [7, 11) is 0. The zero-order chi connectivity index (χ0) is 17.0. The normalized spacial score (nSPS) is 11.1. The van der Waals surface area contributed by atoms with Crippen LogP contribution in [0.1, 0.15) is 18.1 Å². The lowest BCUT2D eigenvalue weighted by molar-refractivity contribution is -0.142. The second kappa shape index (κ2) is 6.60. The number of hydrogen-bond acceptors (Lipinski definition) is 4. The van der Waals surface area contributed by atoms with Gasteiger partial charge in [-0.25, -0.2) is 0 Å². The van der Waals surface area contributed by atoms with Crippen LogP contribution in [0.2, 0.25) is 0 Å². The van der Waals surface area contributed by atoms with Crippen molar-refractivity contribution < 1.29 is 27.4 Å². The van der Waals surface area contributed by atoms with E-state index >= 15 is 0 Å². The number of anilines is 1. The molecule has 0 bridgehead atoms. The lowest BCUT2D eigenvalue weighted by Gasteiger charge is -2.12. The van der Waals surface area contributed by atoms with Crippen molar-refractivity contribution in [3.63, 3.8) is 0 Å². The van der Waals surface area contributed by atoms with Crippen LogP contribution in [0.5, 0.6) is 11.5 Å². The lowest BCUT2D eigenvalue weighted by atomic mass is 10.2. The summed E-state index contributed by atoms with van der Waals surface area (Å²) in [6.07, 6.45) is -4.45. The predicted molar refractivity (Wildman–Crippen MR) is 77.8 cm³/mol. The van der Waals surface area contributed by atoms with E-state index in [1.54, 1.807) is 24.3 Å². The summed E-state index contributed by atoms with van der Waals surface area (Å²) in [4.78, 5) is 10.7. The van der Waals surface area contributed by atoms with Crippen molar-refractivity contribution in [2.45, 2.75) is 19.7 Å². The quantitative estimate of drug-likeness (QED) is 0.678. The van der Waals surface area contributed by atoms with Gasteiger partial charge in [0.15, 0.2) is 0 Å². The number of halogens is 3. The first kappa shape index (κ1) is 16.7. The summed E-state index contributed by atoms with van der Waals surface area (Å²) in [6.45, 7) is 1.45. The molecule has 0 unspecified atom stereocenters. The van der Waals surface area contributed by atoms with Gasteiger partial charge in [-0.2, -0.15) is 13.2 Å². The van der Waals surface area contributed by atoms with E-state index in [0.29, 0.717) is 5.75 Å². The van der Waals surface area contributed by atoms with Gasteiger partial charge < -0.3 is 15.2 Å². The maximum Gasteiger partial charge on any atom is 0.416 e. The van der Waals surface area contributed by atoms with Crippen LogP contribution in [-0.4, -0.2) is 5.97 Å². The average Bonchev–Trinajstić information content (AvgIpc) is 2.47. The van der Waals surface area contributed by atoms with Crippen LogP contribution in [-0.2, 0) is 22.3 Å². The predicted octanol–water partition coefficient (Wildman–Crippen LogP) is 4.14. The van der Waals surface area contributed by atoms with Gasteiger partial charge in [-0.1, -0.05) is 12.1 Å². The Morgan fingerprint density at radius 1 is 1.13 bits per heavy atom. The van der Waals surface area contributed by atoms with Crippen LogP contribution in [0.3, 0.4) is 0 Å². The molecule has 0 saturated carbocycles. The highest BCUT2D eigenvalue weighted by atomic mass is 19.4. The second-order valence-electron chi connectivity index (χ2n) is 4.78. The van der Waals surface area contributed by atoms with Crippen molar-refractivity contribution >= 4 is 11.7 Å². The van der Waals surface area contributed by atoms with Gasteiger partial charge in [-0.3, -0.25) is 4.79 Å². The average molecular weight is 325 g/mol. The number of nitrogen functional groups attached to an aromatic ring is 1. The third kappa shape index (κ3) is 4.64. The fourth-order valence-electron chi connectivity index (χ4n) is 1.78. The van der Waals surface area contributed by atoms with Gasteiger partial charge in [0.05, 0.1) is 11.3 Å². The molecule has 0 atom stereocenters. The highest BCUT2D eigenvalue weighted by Crippen LogP contribution is 2.35. The van der Waals surface area contributed by atoms with Crippen LogP contribution in [0.4, 0.5) is 18.9 Å². The van der Waals surface area contributed by atoms with Crippen molar-refractivity contribution in [1.82, 2.24) is 0 Å². The molecule has 0 amide bonds. The van der Waals surface area contributed by atoms with Crippen LogP contribution >= 0.6 is 0 Å². The topological polar surface area (TPSA) is 61.5 Å². The minimum absolute atomic E-state index is 0.108. The van der Waals surface area contributed by atoms with Crippen LogP contribution in [0.15, 0.2) is 42.5 Å². The van der Waals surface area contributed by atoms with Gasteiger partial charge in [0.2, 0.25) is 0 Å². The van der Waals surface area contributed by atoms with Crippen LogP contribution < -0.4 is 10.5 Å². The molecule has 0 aromatic heterocycles. The molecule has 2 N–H and O–H groups in total. The summed E-state index contributed by atoms with van der Waals surface area (Å²) >= 11 is 0. The summed E-state index contributed by atoms with van der Waals surface area (Å²) in [6, 6.07) is 9.47. The maximum absolute atomic E-state index is 12.6. The van der Waals surface area contributed by atoms with Crippen molar-refractivity contribution in [3.8, 4) is 11.5 Å². The van der Waals surface area contributed by atoms with Gasteiger partial charge >= 0.3 is 12.1 Å². The Bertz CT molecular complexity index is 697. The molecule has 0 aliphatic carbocycles. The Kier molecular flexibility index (Phi) is 4.78. The van der Waals surface area contributed by atoms with E-state index in [4.69, 9.17) is 15.2 Å². The molecule has 2 rings (SSSR count). The SMILES string of the molecule is CC(=O)OCc1ccc(Oc2ccc(C(F)(F)F)cc2N)cc1. The molecule has 0 aliphatic rings. The van der Waals surface area contributed by atoms with Crippen molar-refractivity contribution in [2.75, 3.05) is 5.73 Å². The second-order valence-corrected chi connectivity index (χ2v) is 4.78. The first-order chi connectivity index (χ1) is 10.8. The van der Waals surface area contributed by atoms with Gasteiger partial charge in [0.25, 0.3) is 0 Å². The molecule has 0 saturated heterocycles. The summed E-state index contributed by atoms with van der Waals surface area (Å²) in [5.41, 5.74) is 5.41. The van der Waals surface area contributed by atoms with E-state index in [1.165, 1.54) is 13.0 Å². The highest BCUT2D eigenvalue weighted by molar-refractivity contribution is 5.65. The van der Waals surface area contributed by atoms with Crippen molar-refractivity contribution in [2.24, 2.45) is 0 Å². The van der Waals surface area contributed by atoms with Crippen LogP contribution in [0.25, 0.3) is 0 Å². The molecule has 2 aromatic rings. The number of benzene rings is 2. The fraction of sp³-hybridized carbons (Fsp3) is 0.188. The molecule has 7 heteroatoms. The van der Waals surface area contributed by atoms with E-state index in [1.807, 2.05) is 0 Å². The minimum Gasteiger partial charge on any atom is -0.461 e. The molecule has 0 fully saturated rings. The Morgan fingerprint density at radius 2 is 1.78 bits per heavy atom. The molecule has 0 aliphatic heterocycles. The molecule has 2 aromatic carbocycles. The smallest absolute Gasteiger partial charge is 0.416 e. The number of esters is 1. The third-order valence-electron chi connectivity index (χ3n) is 2.93. The zero-order valence-electron chi connectivity index (χ0n) is 12.2. The van der Waals surface area contributed by atoms with Gasteiger partial charge in [-0.15, -0.1) is 0 Å². The highest BCUT2D eigenvalue weighted by Gasteiger charge is 2.30. The minimum atomic E-state index is -4.45. The number of rotatable bonds is 4. The Hall–Kier alpha value is -2.70. The summed E-state index contributed by atoms with van der Waals surface area (Å²) in [5, 5.41) is 0. The largest absolute Gasteiger partial charge is 0.461 e. The third-order valence-corrected chi connectivity index (χ3v) is 2.93. The van der Waals surface area contributed by atoms with Crippen molar-refractivity contribution in [1.29, 1.82) is 0 Å². The molecule has 0 radical (unpaired) electrons. The number of carbonyl (C=O) groups is 1. The number of nitrogens with two attached hydrogens (primary N) is 1. The van der Waals surface area contributed by atoms with E-state index in [0.717, 1.165) is 17.7 Å². The first-order valence-electron chi connectivity index (χ1n) is 6.62. The number of hydrogen-bond donors (Lipinski definition) is 1. The number of alkyl halides is 3.